The third-order valence-corrected chi connectivity index (χ3v) is 3.79. The van der Waals surface area contributed by atoms with Gasteiger partial charge in [0.25, 0.3) is 0 Å². The van der Waals surface area contributed by atoms with Gasteiger partial charge in [0.2, 0.25) is 0 Å². The molecule has 0 saturated carbocycles. The number of fused-ring (bicyclic) bond motifs is 2. The predicted octanol–water partition coefficient (Wildman–Crippen LogP) is 2.02. The summed E-state index contributed by atoms with van der Waals surface area (Å²) in [6.45, 7) is 3.37. The topological polar surface area (TPSA) is 80.2 Å². The fourth-order valence-electron chi connectivity index (χ4n) is 2.74. The van der Waals surface area contributed by atoms with Crippen LogP contribution >= 0.6 is 12.4 Å². The Kier molecular flexibility index (Phi) is 6.03. The highest BCUT2D eigenvalue weighted by atomic mass is 35.5. The molecule has 2 heterocycles. The molecule has 1 atom stereocenters. The number of benzene rings is 1. The molecule has 130 valence electrons. The maximum Gasteiger partial charge on any atom is 0.408 e. The van der Waals surface area contributed by atoms with Crippen LogP contribution in [-0.2, 0) is 20.8 Å². The van der Waals surface area contributed by atoms with E-state index in [9.17, 15) is 9.59 Å². The first-order valence-electron chi connectivity index (χ1n) is 7.69. The van der Waals surface area contributed by atoms with Gasteiger partial charge in [-0.3, -0.25) is 4.79 Å². The average molecular weight is 354 g/mol. The van der Waals surface area contributed by atoms with Gasteiger partial charge in [0.05, 0.1) is 12.3 Å². The maximum atomic E-state index is 11.8. The standard InChI is InChI=1S/C16H19N3O4.ClH/c1-2-22-14(20)9-17-16(21)23-13-7-8-19-10-11-5-3-4-6-12(11)18-15(13)19;/h3-6,13H,2,7-10H2,1H3,(H,17,21);1H. The minimum Gasteiger partial charge on any atom is -0.465 e. The largest absolute Gasteiger partial charge is 0.465 e. The summed E-state index contributed by atoms with van der Waals surface area (Å²) in [7, 11) is 0. The molecule has 1 fully saturated rings. The van der Waals surface area contributed by atoms with Crippen molar-refractivity contribution in [2.75, 3.05) is 19.7 Å². The van der Waals surface area contributed by atoms with Crippen LogP contribution in [0.3, 0.4) is 0 Å². The number of carbonyl (C=O) groups excluding carboxylic acids is 2. The van der Waals surface area contributed by atoms with Crippen LogP contribution < -0.4 is 5.32 Å². The molecular formula is C16H20ClN3O4. The molecule has 1 amide bonds. The summed E-state index contributed by atoms with van der Waals surface area (Å²) in [4.78, 5) is 29.8. The monoisotopic (exact) mass is 353 g/mol. The number of hydrogen-bond acceptors (Lipinski definition) is 6. The number of esters is 1. The van der Waals surface area contributed by atoms with Gasteiger partial charge in [0.15, 0.2) is 6.10 Å². The molecular weight excluding hydrogens is 334 g/mol. The summed E-state index contributed by atoms with van der Waals surface area (Å²) in [6.07, 6.45) is -0.323. The van der Waals surface area contributed by atoms with Crippen molar-refractivity contribution >= 4 is 36.0 Å². The number of para-hydroxylation sites is 1. The number of rotatable bonds is 4. The highest BCUT2D eigenvalue weighted by Crippen LogP contribution is 2.30. The maximum absolute atomic E-state index is 11.8. The molecule has 2 aliphatic heterocycles. The zero-order valence-electron chi connectivity index (χ0n) is 13.4. The van der Waals surface area contributed by atoms with Crippen molar-refractivity contribution in [2.45, 2.75) is 26.0 Å². The normalized spacial score (nSPS) is 17.8. The second-order valence-corrected chi connectivity index (χ2v) is 5.36. The smallest absolute Gasteiger partial charge is 0.408 e. The van der Waals surface area contributed by atoms with Crippen LogP contribution in [0.4, 0.5) is 10.5 Å². The second-order valence-electron chi connectivity index (χ2n) is 5.36. The average Bonchev–Trinajstić information content (AvgIpc) is 2.93. The fourth-order valence-corrected chi connectivity index (χ4v) is 2.74. The number of halogens is 1. The summed E-state index contributed by atoms with van der Waals surface area (Å²) in [5, 5.41) is 2.40. The summed E-state index contributed by atoms with van der Waals surface area (Å²) < 4.78 is 10.1. The van der Waals surface area contributed by atoms with Crippen molar-refractivity contribution in [3.05, 3.63) is 29.8 Å². The van der Waals surface area contributed by atoms with Gasteiger partial charge in [0.1, 0.15) is 12.4 Å². The van der Waals surface area contributed by atoms with E-state index < -0.39 is 12.1 Å². The third kappa shape index (κ3) is 3.97. The van der Waals surface area contributed by atoms with Crippen molar-refractivity contribution in [1.82, 2.24) is 10.2 Å². The van der Waals surface area contributed by atoms with Crippen LogP contribution in [0.15, 0.2) is 29.3 Å². The van der Waals surface area contributed by atoms with Gasteiger partial charge >= 0.3 is 12.1 Å². The van der Waals surface area contributed by atoms with Crippen LogP contribution in [0.1, 0.15) is 18.9 Å². The van der Waals surface area contributed by atoms with E-state index in [1.54, 1.807) is 6.92 Å². The highest BCUT2D eigenvalue weighted by Gasteiger charge is 2.35. The lowest BCUT2D eigenvalue weighted by Crippen LogP contribution is -2.38. The van der Waals surface area contributed by atoms with E-state index >= 15 is 0 Å². The van der Waals surface area contributed by atoms with E-state index in [1.165, 1.54) is 5.56 Å². The Morgan fingerprint density at radius 3 is 2.96 bits per heavy atom. The lowest BCUT2D eigenvalue weighted by Gasteiger charge is -2.26. The van der Waals surface area contributed by atoms with Crippen LogP contribution in [0, 0.1) is 0 Å². The fraction of sp³-hybridized carbons (Fsp3) is 0.438. The molecule has 7 nitrogen and oxygen atoms in total. The Labute approximate surface area is 146 Å². The Morgan fingerprint density at radius 1 is 1.38 bits per heavy atom. The summed E-state index contributed by atoms with van der Waals surface area (Å²) in [6, 6.07) is 7.94. The molecule has 1 unspecified atom stereocenters. The molecule has 1 aromatic carbocycles. The first-order valence-corrected chi connectivity index (χ1v) is 7.69. The summed E-state index contributed by atoms with van der Waals surface area (Å²) in [5.41, 5.74) is 2.09. The third-order valence-electron chi connectivity index (χ3n) is 3.79. The molecule has 1 aromatic rings. The number of alkyl carbamates (subject to hydrolysis) is 1. The number of ether oxygens (including phenoxy) is 2. The molecule has 0 spiro atoms. The minimum absolute atomic E-state index is 0. The zero-order valence-corrected chi connectivity index (χ0v) is 14.2. The van der Waals surface area contributed by atoms with Gasteiger partial charge in [-0.2, -0.15) is 0 Å². The van der Waals surface area contributed by atoms with Crippen LogP contribution in [0.2, 0.25) is 0 Å². The number of nitrogens with zero attached hydrogens (tertiary/aromatic N) is 2. The van der Waals surface area contributed by atoms with Gasteiger partial charge < -0.3 is 19.7 Å². The van der Waals surface area contributed by atoms with E-state index in [-0.39, 0.29) is 31.7 Å². The van der Waals surface area contributed by atoms with Gasteiger partial charge in [-0.15, -0.1) is 12.4 Å². The van der Waals surface area contributed by atoms with Crippen molar-refractivity contribution in [1.29, 1.82) is 0 Å². The SMILES string of the molecule is CCOC(=O)CNC(=O)OC1CCN2Cc3ccccc3N=C12.Cl. The number of aliphatic imine (C=N–C) groups is 1. The molecule has 3 rings (SSSR count). The van der Waals surface area contributed by atoms with Gasteiger partial charge in [-0.05, 0) is 18.6 Å². The van der Waals surface area contributed by atoms with Crippen molar-refractivity contribution in [3.63, 3.8) is 0 Å². The first-order chi connectivity index (χ1) is 11.2. The predicted molar refractivity (Wildman–Crippen MR) is 90.7 cm³/mol. The van der Waals surface area contributed by atoms with E-state index in [0.717, 1.165) is 24.6 Å². The van der Waals surface area contributed by atoms with Crippen molar-refractivity contribution < 1.29 is 19.1 Å². The molecule has 1 saturated heterocycles. The Morgan fingerprint density at radius 2 is 2.17 bits per heavy atom. The molecule has 24 heavy (non-hydrogen) atoms. The number of amides is 1. The van der Waals surface area contributed by atoms with Crippen molar-refractivity contribution in [3.8, 4) is 0 Å². The number of carbonyl (C=O) groups is 2. The number of nitrogens with one attached hydrogen (secondary N) is 1. The van der Waals surface area contributed by atoms with E-state index in [0.29, 0.717) is 6.42 Å². The first kappa shape index (κ1) is 18.1. The molecule has 0 aromatic heterocycles. The van der Waals surface area contributed by atoms with Crippen LogP contribution in [0.25, 0.3) is 0 Å². The molecule has 2 aliphatic rings. The van der Waals surface area contributed by atoms with Gasteiger partial charge in [0, 0.05) is 19.5 Å². The van der Waals surface area contributed by atoms with E-state index in [1.807, 2.05) is 18.2 Å². The lowest BCUT2D eigenvalue weighted by molar-refractivity contribution is -0.141. The molecule has 0 bridgehead atoms. The van der Waals surface area contributed by atoms with E-state index in [4.69, 9.17) is 9.47 Å². The minimum atomic E-state index is -0.633. The molecule has 0 radical (unpaired) electrons. The second kappa shape index (κ2) is 8.01. The van der Waals surface area contributed by atoms with Crippen LogP contribution in [0.5, 0.6) is 0 Å². The van der Waals surface area contributed by atoms with E-state index in [2.05, 4.69) is 21.3 Å². The summed E-state index contributed by atoms with van der Waals surface area (Å²) in [5.74, 6) is 0.288. The molecule has 8 heteroatoms. The Bertz CT molecular complexity index is 650. The van der Waals surface area contributed by atoms with Gasteiger partial charge in [-0.25, -0.2) is 9.79 Å². The lowest BCUT2D eigenvalue weighted by atomic mass is 10.1. The zero-order chi connectivity index (χ0) is 16.2. The van der Waals surface area contributed by atoms with Crippen molar-refractivity contribution in [2.24, 2.45) is 4.99 Å². The summed E-state index contributed by atoms with van der Waals surface area (Å²) >= 11 is 0. The highest BCUT2D eigenvalue weighted by molar-refractivity contribution is 5.93. The Balaban J connectivity index is 0.00000208. The molecule has 1 N–H and O–H groups in total. The van der Waals surface area contributed by atoms with Crippen LogP contribution in [-0.4, -0.2) is 48.6 Å². The molecule has 0 aliphatic carbocycles. The quantitative estimate of drug-likeness (QED) is 0.837. The Hall–Kier alpha value is -2.28. The number of hydrogen-bond donors (Lipinski definition) is 1. The number of amidine groups is 1. The van der Waals surface area contributed by atoms with Gasteiger partial charge in [-0.1, -0.05) is 18.2 Å².